The molecule has 0 atom stereocenters. The zero-order chi connectivity index (χ0) is 13.2. The van der Waals surface area contributed by atoms with Crippen LogP contribution < -0.4 is 0 Å². The van der Waals surface area contributed by atoms with Crippen LogP contribution in [0, 0.1) is 18.8 Å². The van der Waals surface area contributed by atoms with E-state index in [4.69, 9.17) is 11.6 Å². The molecule has 92 valence electrons. The van der Waals surface area contributed by atoms with Crippen molar-refractivity contribution in [2.45, 2.75) is 6.92 Å². The second-order valence-electron chi connectivity index (χ2n) is 4.34. The minimum Gasteiger partial charge on any atom is -0.346 e. The smallest absolute Gasteiger partial charge is 0.138 e. The molecule has 0 aliphatic heterocycles. The number of benzene rings is 1. The first kappa shape index (κ1) is 11.8. The van der Waals surface area contributed by atoms with Crippen LogP contribution in [0.3, 0.4) is 0 Å². The molecule has 3 aromatic rings. The molecule has 0 radical (unpaired) electrons. The van der Waals surface area contributed by atoms with E-state index in [0.717, 1.165) is 22.2 Å². The number of halogens is 1. The summed E-state index contributed by atoms with van der Waals surface area (Å²) < 4.78 is 0. The van der Waals surface area contributed by atoms with Crippen molar-refractivity contribution in [3.05, 3.63) is 64.4 Å². The number of hydrogen-bond acceptors (Lipinski definition) is 1. The Hall–Kier alpha value is -2.24. The minimum absolute atomic E-state index is 0.644. The number of fused-ring (bicyclic) bond motifs is 1. The number of rotatable bonds is 0. The fourth-order valence-corrected chi connectivity index (χ4v) is 2.09. The molecule has 0 fully saturated rings. The topological polar surface area (TPSA) is 28.7 Å². The van der Waals surface area contributed by atoms with Gasteiger partial charge in [-0.05, 0) is 25.1 Å². The second-order valence-corrected chi connectivity index (χ2v) is 4.72. The van der Waals surface area contributed by atoms with E-state index >= 15 is 0 Å². The van der Waals surface area contributed by atoms with Gasteiger partial charge in [0.1, 0.15) is 5.65 Å². The lowest BCUT2D eigenvalue weighted by atomic mass is 10.1. The maximum atomic E-state index is 6.31. The van der Waals surface area contributed by atoms with Crippen molar-refractivity contribution in [2.75, 3.05) is 0 Å². The third kappa shape index (κ3) is 2.33. The number of nitrogens with zero attached hydrogens (tertiary/aromatic N) is 1. The fraction of sp³-hybridized carbons (Fsp3) is 0.0625. The summed E-state index contributed by atoms with van der Waals surface area (Å²) in [5.41, 5.74) is 3.72. The molecule has 0 spiro atoms. The van der Waals surface area contributed by atoms with E-state index in [1.54, 1.807) is 6.20 Å². The molecule has 0 bridgehead atoms. The molecule has 0 aliphatic rings. The van der Waals surface area contributed by atoms with Gasteiger partial charge in [-0.2, -0.15) is 0 Å². The van der Waals surface area contributed by atoms with Gasteiger partial charge in [-0.25, -0.2) is 4.98 Å². The molecule has 0 saturated carbocycles. The molecule has 3 rings (SSSR count). The van der Waals surface area contributed by atoms with E-state index in [9.17, 15) is 0 Å². The Morgan fingerprint density at radius 1 is 1.11 bits per heavy atom. The lowest BCUT2D eigenvalue weighted by Crippen LogP contribution is -1.83. The Morgan fingerprint density at radius 3 is 2.68 bits per heavy atom. The Labute approximate surface area is 116 Å². The van der Waals surface area contributed by atoms with Crippen molar-refractivity contribution < 1.29 is 0 Å². The molecular weight excluding hydrogens is 256 g/mol. The highest BCUT2D eigenvalue weighted by Gasteiger charge is 2.05. The summed E-state index contributed by atoms with van der Waals surface area (Å²) in [5.74, 6) is 6.17. The average Bonchev–Trinajstić information content (AvgIpc) is 2.89. The van der Waals surface area contributed by atoms with Crippen LogP contribution in [-0.4, -0.2) is 9.97 Å². The van der Waals surface area contributed by atoms with Gasteiger partial charge in [0.2, 0.25) is 0 Å². The van der Waals surface area contributed by atoms with E-state index < -0.39 is 0 Å². The van der Waals surface area contributed by atoms with Crippen LogP contribution in [0.4, 0.5) is 0 Å². The van der Waals surface area contributed by atoms with Crippen LogP contribution in [0.5, 0.6) is 0 Å². The number of aromatic amines is 1. The first-order valence-corrected chi connectivity index (χ1v) is 6.32. The van der Waals surface area contributed by atoms with Gasteiger partial charge in [-0.15, -0.1) is 0 Å². The monoisotopic (exact) mass is 266 g/mol. The van der Waals surface area contributed by atoms with E-state index in [-0.39, 0.29) is 0 Å². The van der Waals surface area contributed by atoms with Crippen LogP contribution in [-0.2, 0) is 0 Å². The van der Waals surface area contributed by atoms with Crippen molar-refractivity contribution in [2.24, 2.45) is 0 Å². The normalized spacial score (nSPS) is 10.2. The summed E-state index contributed by atoms with van der Waals surface area (Å²) >= 11 is 6.31. The molecule has 1 N–H and O–H groups in total. The van der Waals surface area contributed by atoms with Gasteiger partial charge in [-0.3, -0.25) is 0 Å². The average molecular weight is 267 g/mol. The Morgan fingerprint density at radius 2 is 1.89 bits per heavy atom. The van der Waals surface area contributed by atoms with Crippen LogP contribution >= 0.6 is 11.6 Å². The number of pyridine rings is 1. The van der Waals surface area contributed by atoms with E-state index in [2.05, 4.69) is 28.7 Å². The Balaban J connectivity index is 2.02. The van der Waals surface area contributed by atoms with Crippen LogP contribution in [0.25, 0.3) is 11.0 Å². The van der Waals surface area contributed by atoms with Crippen molar-refractivity contribution in [1.82, 2.24) is 9.97 Å². The fourth-order valence-electron chi connectivity index (χ4n) is 1.84. The lowest BCUT2D eigenvalue weighted by Gasteiger charge is -1.97. The van der Waals surface area contributed by atoms with Crippen LogP contribution in [0.15, 0.2) is 42.7 Å². The molecule has 0 amide bonds. The highest BCUT2D eigenvalue weighted by Crippen LogP contribution is 2.24. The van der Waals surface area contributed by atoms with Crippen molar-refractivity contribution in [3.8, 4) is 11.8 Å². The molecule has 19 heavy (non-hydrogen) atoms. The molecule has 0 aliphatic carbocycles. The molecule has 1 aromatic carbocycles. The second kappa shape index (κ2) is 4.79. The Bertz CT molecular complexity index is 789. The Kier molecular flexibility index (Phi) is 2.98. The maximum absolute atomic E-state index is 6.31. The standard InChI is InChI=1S/C16H11ClN2/c1-11-2-4-12(5-3-11)6-7-13-10-19-16-14(15(13)17)8-9-18-16/h2-5,8-10H,1H3,(H,18,19). The van der Waals surface area contributed by atoms with Gasteiger partial charge < -0.3 is 4.98 Å². The van der Waals surface area contributed by atoms with Gasteiger partial charge in [-0.1, -0.05) is 41.1 Å². The summed E-state index contributed by atoms with van der Waals surface area (Å²) in [7, 11) is 0. The predicted molar refractivity (Wildman–Crippen MR) is 78.3 cm³/mol. The molecule has 2 aromatic heterocycles. The van der Waals surface area contributed by atoms with Crippen molar-refractivity contribution in [1.29, 1.82) is 0 Å². The molecule has 0 unspecified atom stereocenters. The largest absolute Gasteiger partial charge is 0.346 e. The zero-order valence-electron chi connectivity index (χ0n) is 10.4. The summed E-state index contributed by atoms with van der Waals surface area (Å²) in [6.45, 7) is 2.05. The summed E-state index contributed by atoms with van der Waals surface area (Å²) in [4.78, 5) is 7.31. The highest BCUT2D eigenvalue weighted by atomic mass is 35.5. The lowest BCUT2D eigenvalue weighted by molar-refractivity contribution is 1.32. The van der Waals surface area contributed by atoms with Crippen LogP contribution in [0.2, 0.25) is 5.02 Å². The van der Waals surface area contributed by atoms with Gasteiger partial charge in [0, 0.05) is 23.3 Å². The first-order valence-electron chi connectivity index (χ1n) is 5.94. The van der Waals surface area contributed by atoms with Gasteiger partial charge >= 0.3 is 0 Å². The van der Waals surface area contributed by atoms with E-state index in [1.165, 1.54) is 5.56 Å². The van der Waals surface area contributed by atoms with Crippen molar-refractivity contribution >= 4 is 22.6 Å². The first-order chi connectivity index (χ1) is 9.24. The van der Waals surface area contributed by atoms with Gasteiger partial charge in [0.25, 0.3) is 0 Å². The SMILES string of the molecule is Cc1ccc(C#Cc2cnc3[nH]ccc3c2Cl)cc1. The molecule has 2 heterocycles. The maximum Gasteiger partial charge on any atom is 0.138 e. The third-order valence-electron chi connectivity index (χ3n) is 2.91. The number of aromatic nitrogens is 2. The summed E-state index contributed by atoms with van der Waals surface area (Å²) in [6, 6.07) is 9.98. The van der Waals surface area contributed by atoms with Gasteiger partial charge in [0.15, 0.2) is 0 Å². The quantitative estimate of drug-likeness (QED) is 0.614. The van der Waals surface area contributed by atoms with Crippen LogP contribution in [0.1, 0.15) is 16.7 Å². The number of nitrogens with one attached hydrogen (secondary N) is 1. The molecule has 2 nitrogen and oxygen atoms in total. The highest BCUT2D eigenvalue weighted by molar-refractivity contribution is 6.36. The van der Waals surface area contributed by atoms with Crippen molar-refractivity contribution in [3.63, 3.8) is 0 Å². The minimum atomic E-state index is 0.644. The third-order valence-corrected chi connectivity index (χ3v) is 3.32. The molecular formula is C16H11ClN2. The summed E-state index contributed by atoms with van der Waals surface area (Å²) in [5, 5.41) is 1.54. The van der Waals surface area contributed by atoms with E-state index in [0.29, 0.717) is 5.02 Å². The molecule has 3 heteroatoms. The summed E-state index contributed by atoms with van der Waals surface area (Å²) in [6.07, 6.45) is 3.52. The number of aryl methyl sites for hydroxylation is 1. The van der Waals surface area contributed by atoms with E-state index in [1.807, 2.05) is 36.5 Å². The zero-order valence-corrected chi connectivity index (χ0v) is 11.1. The number of hydrogen-bond donors (Lipinski definition) is 1. The number of H-pyrrole nitrogens is 1. The predicted octanol–water partition coefficient (Wildman–Crippen LogP) is 3.92. The van der Waals surface area contributed by atoms with Gasteiger partial charge in [0.05, 0.1) is 10.6 Å². The molecule has 0 saturated heterocycles.